The molecule has 18 aromatic carbocycles. The molecule has 0 radical (unpaired) electrons. The summed E-state index contributed by atoms with van der Waals surface area (Å²) in [4.78, 5) is 9.06. The largest absolute Gasteiger partial charge is 0.501 e. The number of benzene rings is 18. The molecule has 10 nitrogen and oxygen atoms in total. The number of hydrogen-bond acceptors (Lipinski definition) is 10. The summed E-state index contributed by atoms with van der Waals surface area (Å²) in [5.41, 5.74) is 12.9. The summed E-state index contributed by atoms with van der Waals surface area (Å²) in [5, 5.41) is 8.61. The molecule has 0 N–H and O–H groups in total. The van der Waals surface area contributed by atoms with Crippen LogP contribution in [-0.2, 0) is 9.31 Å². The highest BCUT2D eigenvalue weighted by atomic mass is 79.9. The third-order valence-corrected chi connectivity index (χ3v) is 20.6. The molecule has 0 unspecified atom stereocenters. The number of hydrogen-bond donors (Lipinski definition) is 0. The molecule has 114 heavy (non-hydrogen) atoms. The fraction of sp³-hybridized carbons (Fsp3) is 0.0196. The predicted molar refractivity (Wildman–Crippen MR) is 475 cm³/mol. The Hall–Kier alpha value is -14.1. The Kier molecular flexibility index (Phi) is 21.7. The molecule has 550 valence electrons. The average molecular weight is 1540 g/mol. The molecule has 0 spiro atoms. The van der Waals surface area contributed by atoms with E-state index in [0.717, 1.165) is 111 Å². The van der Waals surface area contributed by atoms with Crippen molar-refractivity contribution in [2.24, 2.45) is 0 Å². The first kappa shape index (κ1) is 72.7. The third kappa shape index (κ3) is 15.7. The number of nitrogens with zero attached hydrogens (tertiary/aromatic N) is 4. The van der Waals surface area contributed by atoms with Crippen molar-refractivity contribution in [3.05, 3.63) is 429 Å². The SMILES string of the molecule is Brc1c(Oc2cc(N(c3ccccc3)c3ccccc3)c3ccccc3c2)cccc1Oc1cc(N(c2ccccc2)c2ccccc2)c2ccccc2c1.COB(OC)c1c(Oc2cc(N(c3ccccc3)c3ccccc3)c3ccccc3c2)cccc1Oc1cc(N(c2ccccc2)c2ccccc2)c2ccccc2c1. The number of ether oxygens (including phenoxy) is 4. The molecule has 0 aromatic heterocycles. The normalized spacial score (nSPS) is 11.0. The topological polar surface area (TPSA) is 68.3 Å². The summed E-state index contributed by atoms with van der Waals surface area (Å²) < 4.78 is 39.9. The van der Waals surface area contributed by atoms with Gasteiger partial charge in [-0.15, -0.1) is 0 Å². The number of anilines is 12. The van der Waals surface area contributed by atoms with Crippen LogP contribution in [0, 0.1) is 0 Å². The smallest absolute Gasteiger partial charge is 0.457 e. The van der Waals surface area contributed by atoms with Crippen LogP contribution in [0.25, 0.3) is 43.1 Å². The van der Waals surface area contributed by atoms with Crippen LogP contribution in [-0.4, -0.2) is 21.3 Å². The molecule has 12 heteroatoms. The summed E-state index contributed by atoms with van der Waals surface area (Å²) in [5.74, 6) is 5.07. The first-order valence-corrected chi connectivity index (χ1v) is 38.6. The second-order valence-corrected chi connectivity index (χ2v) is 27.9. The van der Waals surface area contributed by atoms with Gasteiger partial charge in [0.2, 0.25) is 0 Å². The van der Waals surface area contributed by atoms with E-state index < -0.39 is 7.12 Å². The Labute approximate surface area is 672 Å². The van der Waals surface area contributed by atoms with Crippen LogP contribution in [0.1, 0.15) is 0 Å². The van der Waals surface area contributed by atoms with Crippen molar-refractivity contribution in [2.75, 3.05) is 33.8 Å². The Morgan fingerprint density at radius 3 is 0.623 bits per heavy atom. The van der Waals surface area contributed by atoms with Crippen molar-refractivity contribution in [1.82, 2.24) is 0 Å². The maximum atomic E-state index is 6.92. The highest BCUT2D eigenvalue weighted by molar-refractivity contribution is 9.10. The molecule has 0 aliphatic carbocycles. The fourth-order valence-electron chi connectivity index (χ4n) is 14.8. The summed E-state index contributed by atoms with van der Waals surface area (Å²) in [6, 6.07) is 145. The van der Waals surface area contributed by atoms with Crippen molar-refractivity contribution in [3.63, 3.8) is 0 Å². The highest BCUT2D eigenvalue weighted by Gasteiger charge is 2.30. The third-order valence-electron chi connectivity index (χ3n) is 19.9. The lowest BCUT2D eigenvalue weighted by Gasteiger charge is -2.28. The Balaban J connectivity index is 0.000000165. The summed E-state index contributed by atoms with van der Waals surface area (Å²) in [6.45, 7) is 0. The van der Waals surface area contributed by atoms with Gasteiger partial charge in [-0.25, -0.2) is 0 Å². The van der Waals surface area contributed by atoms with Gasteiger partial charge in [0.15, 0.2) is 0 Å². The minimum absolute atomic E-state index is 0.541. The molecule has 0 atom stereocenters. The molecule has 0 heterocycles. The van der Waals surface area contributed by atoms with Gasteiger partial charge < -0.3 is 47.9 Å². The number of fused-ring (bicyclic) bond motifs is 4. The van der Waals surface area contributed by atoms with E-state index in [-0.39, 0.29) is 0 Å². The van der Waals surface area contributed by atoms with Gasteiger partial charge in [-0.1, -0.05) is 255 Å². The minimum atomic E-state index is -0.795. The molecule has 18 aromatic rings. The monoisotopic (exact) mass is 1540 g/mol. The van der Waals surface area contributed by atoms with Crippen LogP contribution in [0.2, 0.25) is 0 Å². The van der Waals surface area contributed by atoms with Crippen LogP contribution in [0.15, 0.2) is 429 Å². The quantitative estimate of drug-likeness (QED) is 0.0579. The zero-order chi connectivity index (χ0) is 76.9. The van der Waals surface area contributed by atoms with E-state index >= 15 is 0 Å². The van der Waals surface area contributed by atoms with Gasteiger partial charge >= 0.3 is 7.12 Å². The van der Waals surface area contributed by atoms with Crippen LogP contribution in [0.4, 0.5) is 68.2 Å². The van der Waals surface area contributed by atoms with E-state index in [9.17, 15) is 0 Å². The molecule has 0 fully saturated rings. The van der Waals surface area contributed by atoms with Crippen molar-refractivity contribution >= 4 is 140 Å². The molecule has 0 saturated heterocycles. The highest BCUT2D eigenvalue weighted by Crippen LogP contribution is 2.49. The minimum Gasteiger partial charge on any atom is -0.457 e. The van der Waals surface area contributed by atoms with Crippen LogP contribution >= 0.6 is 15.9 Å². The van der Waals surface area contributed by atoms with E-state index in [1.165, 1.54) is 0 Å². The second kappa shape index (κ2) is 34.0. The van der Waals surface area contributed by atoms with Gasteiger partial charge in [0.05, 0.1) is 28.2 Å². The molecular formula is C102H76BBrN4O6. The van der Waals surface area contributed by atoms with E-state index in [4.69, 9.17) is 28.3 Å². The van der Waals surface area contributed by atoms with Crippen molar-refractivity contribution in [1.29, 1.82) is 0 Å². The zero-order valence-corrected chi connectivity index (χ0v) is 64.2. The number of rotatable bonds is 23. The Bertz CT molecular complexity index is 5790. The van der Waals surface area contributed by atoms with Crippen LogP contribution in [0.5, 0.6) is 46.0 Å². The second-order valence-electron chi connectivity index (χ2n) is 27.1. The molecular weight excluding hydrogens is 1470 g/mol. The summed E-state index contributed by atoms with van der Waals surface area (Å²) in [6.07, 6.45) is 0. The molecule has 18 rings (SSSR count). The molecule has 0 aliphatic heterocycles. The van der Waals surface area contributed by atoms with E-state index in [1.807, 2.05) is 97.1 Å². The maximum absolute atomic E-state index is 6.92. The van der Waals surface area contributed by atoms with Gasteiger partial charge in [0.1, 0.15) is 50.5 Å². The van der Waals surface area contributed by atoms with Gasteiger partial charge in [-0.05, 0) is 183 Å². The maximum Gasteiger partial charge on any atom is 0.501 e. The molecule has 0 aliphatic rings. The Morgan fingerprint density at radius 2 is 0.404 bits per heavy atom. The first-order valence-electron chi connectivity index (χ1n) is 37.8. The summed E-state index contributed by atoms with van der Waals surface area (Å²) in [7, 11) is 2.44. The average Bonchev–Trinajstić information content (AvgIpc) is 0.779. The van der Waals surface area contributed by atoms with E-state index in [2.05, 4.69) is 363 Å². The van der Waals surface area contributed by atoms with E-state index in [1.54, 1.807) is 14.2 Å². The lowest BCUT2D eigenvalue weighted by atomic mass is 9.77. The van der Waals surface area contributed by atoms with Gasteiger partial charge in [0, 0.05) is 106 Å². The van der Waals surface area contributed by atoms with Crippen LogP contribution in [0.3, 0.4) is 0 Å². The van der Waals surface area contributed by atoms with Gasteiger partial charge in [0.25, 0.3) is 0 Å². The fourth-order valence-corrected chi connectivity index (χ4v) is 15.2. The van der Waals surface area contributed by atoms with E-state index in [0.29, 0.717) is 55.9 Å². The lowest BCUT2D eigenvalue weighted by Crippen LogP contribution is -2.36. The number of halogens is 1. The van der Waals surface area contributed by atoms with Crippen molar-refractivity contribution in [3.8, 4) is 46.0 Å². The lowest BCUT2D eigenvalue weighted by molar-refractivity contribution is 0.289. The van der Waals surface area contributed by atoms with Gasteiger partial charge in [-0.2, -0.15) is 0 Å². The zero-order valence-electron chi connectivity index (χ0n) is 62.6. The van der Waals surface area contributed by atoms with Crippen LogP contribution < -0.4 is 44.0 Å². The number of para-hydroxylation sites is 8. The van der Waals surface area contributed by atoms with Crippen molar-refractivity contribution < 1.29 is 28.3 Å². The molecule has 0 saturated carbocycles. The Morgan fingerprint density at radius 1 is 0.211 bits per heavy atom. The predicted octanol–water partition coefficient (Wildman–Crippen LogP) is 28.8. The summed E-state index contributed by atoms with van der Waals surface area (Å²) >= 11 is 3.87. The molecule has 0 bridgehead atoms. The van der Waals surface area contributed by atoms with Crippen molar-refractivity contribution in [2.45, 2.75) is 0 Å². The first-order chi connectivity index (χ1) is 56.4. The van der Waals surface area contributed by atoms with Gasteiger partial charge in [-0.3, -0.25) is 0 Å². The standard InChI is InChI=1S/C52H41BN2O4.C50H35BrN2O2/c1-56-53(57-2)52-50(58-44-34-38-20-15-17-30-46(38)48(36-44)54(40-22-7-3-8-23-40)41-24-9-4-10-25-41)32-19-33-51(52)59-45-35-39-21-16-18-31-47(39)49(37-45)55(42-26-11-5-12-27-42)43-28-13-6-14-29-43;51-50-48(54-42-32-36-18-13-15-28-44(36)46(34-42)52(38-20-5-1-6-21-38)39-22-7-2-8-23-39)30-17-31-49(50)55-43-33-37-19-14-16-29-45(37)47(35-43)53(40-24-9-3-10-25-40)41-26-11-4-12-27-41/h3-37H,1-2H3;1-35H. The molecule has 0 amide bonds.